The Bertz CT molecular complexity index is 1600. The smallest absolute Gasteiger partial charge is 0.349 e. The van der Waals surface area contributed by atoms with Crippen molar-refractivity contribution in [3.8, 4) is 28.4 Å². The van der Waals surface area contributed by atoms with Crippen LogP contribution in [0.25, 0.3) is 17.2 Å². The highest BCUT2D eigenvalue weighted by Crippen LogP contribution is 2.35. The molecule has 0 radical (unpaired) electrons. The Morgan fingerprint density at radius 3 is 2.05 bits per heavy atom. The number of esters is 1. The molecule has 5 rings (SSSR count). The van der Waals surface area contributed by atoms with Gasteiger partial charge in [-0.1, -0.05) is 54.6 Å². The molecule has 0 fully saturated rings. The molecule has 0 aliphatic carbocycles. The van der Waals surface area contributed by atoms with E-state index in [1.165, 1.54) is 18.2 Å². The predicted octanol–water partition coefficient (Wildman–Crippen LogP) is 6.65. The van der Waals surface area contributed by atoms with Gasteiger partial charge < -0.3 is 14.2 Å². The fourth-order valence-corrected chi connectivity index (χ4v) is 3.79. The first-order valence-electron chi connectivity index (χ1n) is 11.3. The SMILES string of the molecule is O=C(COc1c(F)c(F)c(F)c(F)c1F)Oc1ccc2c(c1)O/C(=C\c1ccc(-c3ccccc3)cc1)C2=O. The minimum atomic E-state index is -2.36. The molecule has 4 aromatic carbocycles. The summed E-state index contributed by atoms with van der Waals surface area (Å²) in [5.74, 6) is -14.4. The average molecular weight is 538 g/mol. The minimum Gasteiger partial charge on any atom is -0.476 e. The van der Waals surface area contributed by atoms with Gasteiger partial charge in [-0.05, 0) is 34.9 Å². The minimum absolute atomic E-state index is 0.0376. The van der Waals surface area contributed by atoms with Crippen molar-refractivity contribution in [1.82, 2.24) is 0 Å². The number of rotatable bonds is 6. The average Bonchev–Trinajstić information content (AvgIpc) is 3.25. The topological polar surface area (TPSA) is 61.8 Å². The maximum absolute atomic E-state index is 13.7. The number of ketones is 1. The van der Waals surface area contributed by atoms with E-state index in [0.717, 1.165) is 11.1 Å². The molecule has 0 atom stereocenters. The quantitative estimate of drug-likeness (QED) is 0.0687. The molecule has 0 bridgehead atoms. The molecule has 0 spiro atoms. The van der Waals surface area contributed by atoms with Crippen LogP contribution in [0.2, 0.25) is 0 Å². The Kier molecular flexibility index (Phi) is 6.84. The van der Waals surface area contributed by atoms with Crippen molar-refractivity contribution in [2.75, 3.05) is 6.61 Å². The number of hydrogen-bond acceptors (Lipinski definition) is 5. The highest BCUT2D eigenvalue weighted by atomic mass is 19.2. The van der Waals surface area contributed by atoms with E-state index in [-0.39, 0.29) is 22.8 Å². The summed E-state index contributed by atoms with van der Waals surface area (Å²) in [5, 5.41) is 0. The zero-order chi connectivity index (χ0) is 27.7. The van der Waals surface area contributed by atoms with E-state index in [2.05, 4.69) is 4.74 Å². The van der Waals surface area contributed by atoms with Crippen LogP contribution in [0.1, 0.15) is 15.9 Å². The Morgan fingerprint density at radius 2 is 1.38 bits per heavy atom. The molecular weight excluding hydrogens is 523 g/mol. The van der Waals surface area contributed by atoms with Crippen LogP contribution in [0, 0.1) is 29.1 Å². The van der Waals surface area contributed by atoms with Crippen molar-refractivity contribution in [2.24, 2.45) is 0 Å². The highest BCUT2D eigenvalue weighted by Gasteiger charge is 2.29. The van der Waals surface area contributed by atoms with Crippen molar-refractivity contribution in [3.63, 3.8) is 0 Å². The van der Waals surface area contributed by atoms with Crippen LogP contribution < -0.4 is 14.2 Å². The third-order valence-electron chi connectivity index (χ3n) is 5.69. The normalized spacial score (nSPS) is 13.3. The van der Waals surface area contributed by atoms with Crippen molar-refractivity contribution in [1.29, 1.82) is 0 Å². The first kappa shape index (κ1) is 25.7. The summed E-state index contributed by atoms with van der Waals surface area (Å²) < 4.78 is 82.2. The van der Waals surface area contributed by atoms with Gasteiger partial charge in [0.25, 0.3) is 0 Å². The van der Waals surface area contributed by atoms with Crippen LogP contribution in [0.3, 0.4) is 0 Å². The summed E-state index contributed by atoms with van der Waals surface area (Å²) in [5.41, 5.74) is 2.95. The number of hydrogen-bond donors (Lipinski definition) is 0. The van der Waals surface area contributed by atoms with Crippen LogP contribution >= 0.6 is 0 Å². The number of carbonyl (C=O) groups is 2. The van der Waals surface area contributed by atoms with Gasteiger partial charge in [-0.25, -0.2) is 18.0 Å². The molecule has 4 aromatic rings. The monoisotopic (exact) mass is 538 g/mol. The molecule has 5 nitrogen and oxygen atoms in total. The van der Waals surface area contributed by atoms with Crippen LogP contribution in [-0.4, -0.2) is 18.4 Å². The zero-order valence-electron chi connectivity index (χ0n) is 19.6. The lowest BCUT2D eigenvalue weighted by Crippen LogP contribution is -2.19. The van der Waals surface area contributed by atoms with Crippen molar-refractivity contribution < 1.29 is 45.8 Å². The molecule has 0 saturated carbocycles. The Morgan fingerprint density at radius 1 is 0.769 bits per heavy atom. The van der Waals surface area contributed by atoms with Crippen molar-refractivity contribution in [3.05, 3.63) is 119 Å². The lowest BCUT2D eigenvalue weighted by molar-refractivity contribution is -0.136. The Hall–Kier alpha value is -4.99. The van der Waals surface area contributed by atoms with Crippen LogP contribution in [0.5, 0.6) is 17.2 Å². The highest BCUT2D eigenvalue weighted by molar-refractivity contribution is 6.14. The molecule has 39 heavy (non-hydrogen) atoms. The molecule has 1 heterocycles. The van der Waals surface area contributed by atoms with Crippen molar-refractivity contribution >= 4 is 17.8 Å². The van der Waals surface area contributed by atoms with E-state index >= 15 is 0 Å². The summed E-state index contributed by atoms with van der Waals surface area (Å²) in [6.45, 7) is -1.17. The number of fused-ring (bicyclic) bond motifs is 1. The van der Waals surface area contributed by atoms with Crippen LogP contribution in [0.15, 0.2) is 78.6 Å². The molecule has 1 aliphatic heterocycles. The van der Waals surface area contributed by atoms with Gasteiger partial charge in [-0.2, -0.15) is 8.78 Å². The Labute approximate surface area is 217 Å². The summed E-state index contributed by atoms with van der Waals surface area (Å²) >= 11 is 0. The molecule has 196 valence electrons. The van der Waals surface area contributed by atoms with E-state index in [9.17, 15) is 31.5 Å². The fourth-order valence-electron chi connectivity index (χ4n) is 3.79. The second-order valence-electron chi connectivity index (χ2n) is 8.25. The van der Waals surface area contributed by atoms with Crippen molar-refractivity contribution in [2.45, 2.75) is 0 Å². The summed E-state index contributed by atoms with van der Waals surface area (Å²) in [4.78, 5) is 24.8. The van der Waals surface area contributed by atoms with E-state index < -0.39 is 53.2 Å². The van der Waals surface area contributed by atoms with E-state index in [1.807, 2.05) is 54.6 Å². The molecule has 0 unspecified atom stereocenters. The standard InChI is InChI=1S/C29H15F5O5/c30-23-24(31)26(33)29(27(34)25(23)32)37-14-22(35)38-18-10-11-19-20(13-18)39-21(28(19)36)12-15-6-8-17(9-7-15)16-4-2-1-3-5-16/h1-13H,14H2/b21-12-. The maximum atomic E-state index is 13.7. The second kappa shape index (κ2) is 10.4. The largest absolute Gasteiger partial charge is 0.476 e. The van der Waals surface area contributed by atoms with Crippen LogP contribution in [0.4, 0.5) is 22.0 Å². The predicted molar refractivity (Wildman–Crippen MR) is 129 cm³/mol. The van der Waals surface area contributed by atoms with Gasteiger partial charge in [-0.3, -0.25) is 4.79 Å². The summed E-state index contributed by atoms with van der Waals surface area (Å²) in [6.07, 6.45) is 1.56. The number of halogens is 5. The molecule has 0 aromatic heterocycles. The molecule has 10 heteroatoms. The van der Waals surface area contributed by atoms with Gasteiger partial charge in [0, 0.05) is 6.07 Å². The first-order valence-corrected chi connectivity index (χ1v) is 11.3. The number of allylic oxidation sites excluding steroid dienone is 1. The molecule has 0 N–H and O–H groups in total. The molecular formula is C29H15F5O5. The summed E-state index contributed by atoms with van der Waals surface area (Å²) in [6, 6.07) is 21.1. The lowest BCUT2D eigenvalue weighted by Gasteiger charge is -2.10. The second-order valence-corrected chi connectivity index (χ2v) is 8.25. The van der Waals surface area contributed by atoms with Gasteiger partial charge in [0.1, 0.15) is 11.5 Å². The number of ether oxygens (including phenoxy) is 3. The zero-order valence-corrected chi connectivity index (χ0v) is 19.6. The van der Waals surface area contributed by atoms with E-state index in [4.69, 9.17) is 9.47 Å². The van der Waals surface area contributed by atoms with Gasteiger partial charge in [0.2, 0.25) is 34.9 Å². The van der Waals surface area contributed by atoms with Gasteiger partial charge in [0.15, 0.2) is 18.1 Å². The Balaban J connectivity index is 1.25. The fraction of sp³-hybridized carbons (Fsp3) is 0.0345. The van der Waals surface area contributed by atoms with E-state index in [1.54, 1.807) is 6.08 Å². The lowest BCUT2D eigenvalue weighted by atomic mass is 10.0. The molecule has 0 saturated heterocycles. The first-order chi connectivity index (χ1) is 18.7. The number of Topliss-reactive ketones (excluding diaryl/α,β-unsaturated/α-hetero) is 1. The summed E-state index contributed by atoms with van der Waals surface area (Å²) in [7, 11) is 0. The van der Waals surface area contributed by atoms with Gasteiger partial charge >= 0.3 is 5.97 Å². The van der Waals surface area contributed by atoms with Gasteiger partial charge in [-0.15, -0.1) is 0 Å². The number of carbonyl (C=O) groups excluding carboxylic acids is 2. The molecule has 1 aliphatic rings. The van der Waals surface area contributed by atoms with E-state index in [0.29, 0.717) is 5.56 Å². The van der Waals surface area contributed by atoms with Gasteiger partial charge in [0.05, 0.1) is 5.56 Å². The number of benzene rings is 4. The van der Waals surface area contributed by atoms with Crippen LogP contribution in [-0.2, 0) is 4.79 Å². The third-order valence-corrected chi connectivity index (χ3v) is 5.69. The molecule has 0 amide bonds. The third kappa shape index (κ3) is 5.08. The maximum Gasteiger partial charge on any atom is 0.349 e.